The Kier molecular flexibility index (Phi) is 3.80. The predicted octanol–water partition coefficient (Wildman–Crippen LogP) is 2.31. The van der Waals surface area contributed by atoms with Gasteiger partial charge in [0.2, 0.25) is 0 Å². The lowest BCUT2D eigenvalue weighted by atomic mass is 10.1. The maximum atomic E-state index is 7.31. The molecule has 0 bridgehead atoms. The average molecular weight is 254 g/mol. The third-order valence-electron chi connectivity index (χ3n) is 3.00. The molecule has 0 fully saturated rings. The molecule has 4 nitrogen and oxygen atoms in total. The number of amidine groups is 1. The van der Waals surface area contributed by atoms with E-state index in [1.54, 1.807) is 12.3 Å². The van der Waals surface area contributed by atoms with E-state index in [-0.39, 0.29) is 5.84 Å². The monoisotopic (exact) mass is 254 g/mol. The van der Waals surface area contributed by atoms with E-state index < -0.39 is 0 Å². The van der Waals surface area contributed by atoms with Crippen molar-refractivity contribution < 1.29 is 0 Å². The van der Waals surface area contributed by atoms with Gasteiger partial charge in [0.25, 0.3) is 0 Å². The molecule has 1 aromatic carbocycles. The quantitative estimate of drug-likeness (QED) is 0.650. The summed E-state index contributed by atoms with van der Waals surface area (Å²) < 4.78 is 0. The first-order valence-corrected chi connectivity index (χ1v) is 6.13. The normalized spacial score (nSPS) is 10.2. The number of aryl methyl sites for hydroxylation is 1. The lowest BCUT2D eigenvalue weighted by Crippen LogP contribution is -2.18. The van der Waals surface area contributed by atoms with Crippen LogP contribution in [0.25, 0.3) is 0 Å². The number of pyridine rings is 1. The fourth-order valence-corrected chi connectivity index (χ4v) is 1.83. The fraction of sp³-hybridized carbons (Fsp3) is 0.200. The summed E-state index contributed by atoms with van der Waals surface area (Å²) in [4.78, 5) is 6.28. The van der Waals surface area contributed by atoms with Crippen molar-refractivity contribution in [2.75, 3.05) is 11.9 Å². The smallest absolute Gasteiger partial charge is 0.141 e. The highest BCUT2D eigenvalue weighted by molar-refractivity contribution is 5.93. The van der Waals surface area contributed by atoms with Crippen molar-refractivity contribution in [3.05, 3.63) is 59.4 Å². The minimum absolute atomic E-state index is 0.00672. The number of hydrogen-bond donors (Lipinski definition) is 2. The van der Waals surface area contributed by atoms with Crippen LogP contribution in [-0.2, 0) is 6.54 Å². The molecule has 3 N–H and O–H groups in total. The Morgan fingerprint density at radius 2 is 1.89 bits per heavy atom. The zero-order valence-electron chi connectivity index (χ0n) is 11.2. The summed E-state index contributed by atoms with van der Waals surface area (Å²) in [6.07, 6.45) is 1.74. The number of benzene rings is 1. The minimum atomic E-state index is -0.00672. The van der Waals surface area contributed by atoms with E-state index in [4.69, 9.17) is 11.1 Å². The Morgan fingerprint density at radius 3 is 2.42 bits per heavy atom. The number of anilines is 1. The van der Waals surface area contributed by atoms with Crippen LogP contribution in [0.15, 0.2) is 42.6 Å². The topological polar surface area (TPSA) is 66.0 Å². The van der Waals surface area contributed by atoms with Crippen LogP contribution >= 0.6 is 0 Å². The number of nitrogens with two attached hydrogens (primary N) is 1. The highest BCUT2D eigenvalue weighted by Crippen LogP contribution is 2.15. The van der Waals surface area contributed by atoms with E-state index in [9.17, 15) is 0 Å². The zero-order chi connectivity index (χ0) is 13.8. The van der Waals surface area contributed by atoms with Gasteiger partial charge in [-0.05, 0) is 24.6 Å². The first-order valence-electron chi connectivity index (χ1n) is 6.13. The first-order chi connectivity index (χ1) is 9.06. The van der Waals surface area contributed by atoms with E-state index in [0.29, 0.717) is 5.69 Å². The van der Waals surface area contributed by atoms with Crippen molar-refractivity contribution in [1.29, 1.82) is 5.41 Å². The third kappa shape index (κ3) is 3.31. The highest BCUT2D eigenvalue weighted by Gasteiger charge is 2.04. The number of hydrogen-bond acceptors (Lipinski definition) is 3. The Bertz CT molecular complexity index is 558. The van der Waals surface area contributed by atoms with Gasteiger partial charge in [0.05, 0.1) is 11.9 Å². The number of nitrogens with one attached hydrogen (secondary N) is 1. The molecule has 2 rings (SSSR count). The Morgan fingerprint density at radius 1 is 1.21 bits per heavy atom. The molecule has 1 heterocycles. The average Bonchev–Trinajstić information content (AvgIpc) is 2.41. The molecule has 0 aliphatic heterocycles. The van der Waals surface area contributed by atoms with Gasteiger partial charge in [-0.3, -0.25) is 10.4 Å². The molecule has 19 heavy (non-hydrogen) atoms. The molecule has 0 aliphatic carbocycles. The van der Waals surface area contributed by atoms with Gasteiger partial charge < -0.3 is 10.6 Å². The molecule has 0 unspecified atom stereocenters. The summed E-state index contributed by atoms with van der Waals surface area (Å²) in [7, 11) is 2.02. The molecular weight excluding hydrogens is 236 g/mol. The van der Waals surface area contributed by atoms with Gasteiger partial charge >= 0.3 is 0 Å². The summed E-state index contributed by atoms with van der Waals surface area (Å²) in [5, 5.41) is 7.31. The summed E-state index contributed by atoms with van der Waals surface area (Å²) >= 11 is 0. The number of aromatic nitrogens is 1. The first kappa shape index (κ1) is 13.1. The van der Waals surface area contributed by atoms with E-state index in [2.05, 4.69) is 41.1 Å². The SMILES string of the molecule is Cc1ccc(CN(C)c2ccc(C(=N)N)nc2)cc1. The maximum Gasteiger partial charge on any atom is 0.141 e. The van der Waals surface area contributed by atoms with Crippen LogP contribution in [0.5, 0.6) is 0 Å². The summed E-state index contributed by atoms with van der Waals surface area (Å²) in [5.74, 6) is -0.00672. The predicted molar refractivity (Wildman–Crippen MR) is 78.5 cm³/mol. The van der Waals surface area contributed by atoms with Crippen LogP contribution < -0.4 is 10.6 Å². The third-order valence-corrected chi connectivity index (χ3v) is 3.00. The molecule has 98 valence electrons. The summed E-state index contributed by atoms with van der Waals surface area (Å²) in [5.41, 5.74) is 9.41. The van der Waals surface area contributed by atoms with Crippen molar-refractivity contribution in [3.63, 3.8) is 0 Å². The lowest BCUT2D eigenvalue weighted by molar-refractivity contribution is 0.916. The summed E-state index contributed by atoms with van der Waals surface area (Å²) in [6, 6.07) is 12.2. The molecule has 2 aromatic rings. The van der Waals surface area contributed by atoms with E-state index in [1.165, 1.54) is 11.1 Å². The van der Waals surface area contributed by atoms with Gasteiger partial charge in [-0.15, -0.1) is 0 Å². The number of nitrogens with zero attached hydrogens (tertiary/aromatic N) is 2. The van der Waals surface area contributed by atoms with E-state index in [0.717, 1.165) is 12.2 Å². The van der Waals surface area contributed by atoms with Gasteiger partial charge in [-0.1, -0.05) is 29.8 Å². The molecule has 4 heteroatoms. The summed E-state index contributed by atoms with van der Waals surface area (Å²) in [6.45, 7) is 2.90. The van der Waals surface area contributed by atoms with Crippen LogP contribution in [0.1, 0.15) is 16.8 Å². The Balaban J connectivity index is 2.09. The van der Waals surface area contributed by atoms with Gasteiger partial charge in [-0.2, -0.15) is 0 Å². The van der Waals surface area contributed by atoms with Crippen LogP contribution in [0.4, 0.5) is 5.69 Å². The minimum Gasteiger partial charge on any atom is -0.382 e. The van der Waals surface area contributed by atoms with Crippen molar-refractivity contribution in [3.8, 4) is 0 Å². The number of rotatable bonds is 4. The second kappa shape index (κ2) is 5.52. The van der Waals surface area contributed by atoms with Gasteiger partial charge in [-0.25, -0.2) is 0 Å². The van der Waals surface area contributed by atoms with Gasteiger partial charge in [0.15, 0.2) is 0 Å². The molecule has 0 spiro atoms. The molecule has 0 atom stereocenters. The molecule has 0 aliphatic rings. The van der Waals surface area contributed by atoms with Crippen LogP contribution in [-0.4, -0.2) is 17.9 Å². The Hall–Kier alpha value is -2.36. The van der Waals surface area contributed by atoms with Gasteiger partial charge in [0.1, 0.15) is 11.5 Å². The molecule has 0 saturated carbocycles. The van der Waals surface area contributed by atoms with Crippen LogP contribution in [0.2, 0.25) is 0 Å². The van der Waals surface area contributed by atoms with Crippen LogP contribution in [0.3, 0.4) is 0 Å². The van der Waals surface area contributed by atoms with Crippen molar-refractivity contribution in [1.82, 2.24) is 4.98 Å². The largest absolute Gasteiger partial charge is 0.382 e. The molecule has 0 radical (unpaired) electrons. The van der Waals surface area contributed by atoms with Crippen molar-refractivity contribution in [2.24, 2.45) is 5.73 Å². The second-order valence-corrected chi connectivity index (χ2v) is 4.66. The second-order valence-electron chi connectivity index (χ2n) is 4.66. The molecular formula is C15H18N4. The number of nitrogen functional groups attached to an aromatic ring is 1. The lowest BCUT2D eigenvalue weighted by Gasteiger charge is -2.19. The molecule has 0 saturated heterocycles. The van der Waals surface area contributed by atoms with E-state index in [1.807, 2.05) is 13.1 Å². The van der Waals surface area contributed by atoms with Crippen molar-refractivity contribution in [2.45, 2.75) is 13.5 Å². The van der Waals surface area contributed by atoms with Crippen molar-refractivity contribution >= 4 is 11.5 Å². The van der Waals surface area contributed by atoms with Gasteiger partial charge in [0, 0.05) is 13.6 Å². The highest BCUT2D eigenvalue weighted by atomic mass is 15.1. The Labute approximate surface area is 113 Å². The molecule has 1 aromatic heterocycles. The van der Waals surface area contributed by atoms with Crippen LogP contribution in [0, 0.1) is 12.3 Å². The molecule has 0 amide bonds. The van der Waals surface area contributed by atoms with E-state index >= 15 is 0 Å². The zero-order valence-corrected chi connectivity index (χ0v) is 11.2. The fourth-order valence-electron chi connectivity index (χ4n) is 1.83. The standard InChI is InChI=1S/C15H18N4/c1-11-3-5-12(6-4-11)10-19(2)13-7-8-14(15(16)17)18-9-13/h3-9H,10H2,1-2H3,(H3,16,17). The maximum absolute atomic E-state index is 7.31.